The van der Waals surface area contributed by atoms with Gasteiger partial charge < -0.3 is 5.32 Å². The number of hydrogen-bond acceptors (Lipinski definition) is 3. The fourth-order valence-corrected chi connectivity index (χ4v) is 1.91. The zero-order valence-electron chi connectivity index (χ0n) is 10.3. The quantitative estimate of drug-likeness (QED) is 0.594. The van der Waals surface area contributed by atoms with Crippen LogP contribution >= 0.6 is 11.6 Å². The van der Waals surface area contributed by atoms with Crippen LogP contribution in [0, 0.1) is 6.92 Å². The molecule has 0 aromatic heterocycles. The average molecular weight is 277 g/mol. The molecule has 2 rings (SSSR count). The Hall–Kier alpha value is -2.04. The summed E-state index contributed by atoms with van der Waals surface area (Å²) in [6, 6.07) is 12.5. The molecular weight excluding hydrogens is 264 g/mol. The van der Waals surface area contributed by atoms with Crippen LogP contribution in [0.2, 0.25) is 5.02 Å². The Labute approximate surface area is 116 Å². The van der Waals surface area contributed by atoms with Crippen molar-refractivity contribution in [2.24, 2.45) is 0 Å². The highest BCUT2D eigenvalue weighted by molar-refractivity contribution is 6.34. The number of amides is 1. The lowest BCUT2D eigenvalue weighted by atomic mass is 10.1. The maximum absolute atomic E-state index is 11.5. The second kappa shape index (κ2) is 5.73. The summed E-state index contributed by atoms with van der Waals surface area (Å²) >= 11 is 6.20. The number of benzene rings is 2. The Morgan fingerprint density at radius 2 is 1.79 bits per heavy atom. The van der Waals surface area contributed by atoms with E-state index >= 15 is 0 Å². The molecule has 19 heavy (non-hydrogen) atoms. The fourth-order valence-electron chi connectivity index (χ4n) is 1.74. The standard InChI is InChI=1S/C14H13ClN2O2/c1-9-5-4-8-12(13(9)15)16-11-7-3-2-6-10(11)14(18)17-19/h2-8,16,19H,1H3,(H,17,18). The summed E-state index contributed by atoms with van der Waals surface area (Å²) in [7, 11) is 0. The highest BCUT2D eigenvalue weighted by atomic mass is 35.5. The van der Waals surface area contributed by atoms with E-state index in [1.807, 2.05) is 25.1 Å². The van der Waals surface area contributed by atoms with Gasteiger partial charge in [-0.1, -0.05) is 35.9 Å². The first kappa shape index (κ1) is 13.4. The molecule has 0 aliphatic rings. The van der Waals surface area contributed by atoms with E-state index in [-0.39, 0.29) is 0 Å². The molecule has 98 valence electrons. The predicted molar refractivity (Wildman–Crippen MR) is 75.2 cm³/mol. The van der Waals surface area contributed by atoms with Gasteiger partial charge in [-0.3, -0.25) is 10.0 Å². The number of carbonyl (C=O) groups is 1. The SMILES string of the molecule is Cc1cccc(Nc2ccccc2C(=O)NO)c1Cl. The molecule has 2 aromatic rings. The lowest BCUT2D eigenvalue weighted by molar-refractivity contribution is 0.0707. The van der Waals surface area contributed by atoms with Gasteiger partial charge in [0.15, 0.2) is 0 Å². The third kappa shape index (κ3) is 2.86. The molecule has 0 saturated heterocycles. The monoisotopic (exact) mass is 276 g/mol. The Morgan fingerprint density at radius 3 is 2.53 bits per heavy atom. The number of anilines is 2. The number of hydrogen-bond donors (Lipinski definition) is 3. The van der Waals surface area contributed by atoms with Crippen LogP contribution in [0.4, 0.5) is 11.4 Å². The zero-order valence-corrected chi connectivity index (χ0v) is 11.0. The summed E-state index contributed by atoms with van der Waals surface area (Å²) in [5.74, 6) is -0.577. The summed E-state index contributed by atoms with van der Waals surface area (Å²) in [6.45, 7) is 1.90. The first-order chi connectivity index (χ1) is 9.13. The topological polar surface area (TPSA) is 61.4 Å². The number of para-hydroxylation sites is 1. The number of hydroxylamine groups is 1. The predicted octanol–water partition coefficient (Wildman–Crippen LogP) is 3.51. The van der Waals surface area contributed by atoms with Gasteiger partial charge in [0.1, 0.15) is 0 Å². The summed E-state index contributed by atoms with van der Waals surface area (Å²) in [4.78, 5) is 11.5. The van der Waals surface area contributed by atoms with Crippen molar-refractivity contribution >= 4 is 28.9 Å². The summed E-state index contributed by atoms with van der Waals surface area (Å²) in [6.07, 6.45) is 0. The zero-order chi connectivity index (χ0) is 13.8. The molecule has 0 radical (unpaired) electrons. The largest absolute Gasteiger partial charge is 0.354 e. The molecule has 5 heteroatoms. The van der Waals surface area contributed by atoms with Crippen molar-refractivity contribution in [2.75, 3.05) is 5.32 Å². The number of halogens is 1. The van der Waals surface area contributed by atoms with Crippen molar-refractivity contribution < 1.29 is 10.0 Å². The van der Waals surface area contributed by atoms with E-state index in [0.717, 1.165) is 5.56 Å². The molecule has 0 unspecified atom stereocenters. The molecule has 0 heterocycles. The van der Waals surface area contributed by atoms with Gasteiger partial charge >= 0.3 is 0 Å². The van der Waals surface area contributed by atoms with E-state index in [9.17, 15) is 4.79 Å². The molecule has 3 N–H and O–H groups in total. The lowest BCUT2D eigenvalue weighted by Crippen LogP contribution is -2.19. The van der Waals surface area contributed by atoms with Crippen molar-refractivity contribution in [1.82, 2.24) is 5.48 Å². The van der Waals surface area contributed by atoms with E-state index in [2.05, 4.69) is 5.32 Å². The third-order valence-electron chi connectivity index (χ3n) is 2.73. The van der Waals surface area contributed by atoms with Crippen molar-refractivity contribution in [3.05, 3.63) is 58.6 Å². The van der Waals surface area contributed by atoms with Crippen LogP contribution in [0.3, 0.4) is 0 Å². The maximum Gasteiger partial charge on any atom is 0.276 e. The molecule has 2 aromatic carbocycles. The number of aryl methyl sites for hydroxylation is 1. The smallest absolute Gasteiger partial charge is 0.276 e. The second-order valence-corrected chi connectivity index (χ2v) is 4.43. The first-order valence-corrected chi connectivity index (χ1v) is 6.07. The minimum absolute atomic E-state index is 0.336. The van der Waals surface area contributed by atoms with Gasteiger partial charge in [0.05, 0.1) is 22.0 Å². The molecule has 1 amide bonds. The molecule has 0 bridgehead atoms. The molecule has 0 aliphatic heterocycles. The summed E-state index contributed by atoms with van der Waals surface area (Å²) in [5, 5.41) is 12.4. The van der Waals surface area contributed by atoms with Crippen molar-refractivity contribution in [3.8, 4) is 0 Å². The van der Waals surface area contributed by atoms with Gasteiger partial charge in [0.25, 0.3) is 5.91 Å². The Morgan fingerprint density at radius 1 is 1.11 bits per heavy atom. The van der Waals surface area contributed by atoms with E-state index in [1.165, 1.54) is 0 Å². The van der Waals surface area contributed by atoms with Crippen LogP contribution in [-0.4, -0.2) is 11.1 Å². The highest BCUT2D eigenvalue weighted by Gasteiger charge is 2.11. The van der Waals surface area contributed by atoms with Gasteiger partial charge in [-0.05, 0) is 30.7 Å². The van der Waals surface area contributed by atoms with Crippen molar-refractivity contribution in [3.63, 3.8) is 0 Å². The van der Waals surface area contributed by atoms with Crippen molar-refractivity contribution in [2.45, 2.75) is 6.92 Å². The molecule has 0 spiro atoms. The van der Waals surface area contributed by atoms with E-state index in [1.54, 1.807) is 29.7 Å². The summed E-state index contributed by atoms with van der Waals surface area (Å²) < 4.78 is 0. The average Bonchev–Trinajstić information content (AvgIpc) is 2.43. The number of nitrogens with one attached hydrogen (secondary N) is 2. The Kier molecular flexibility index (Phi) is 4.04. The molecular formula is C14H13ClN2O2. The highest BCUT2D eigenvalue weighted by Crippen LogP contribution is 2.29. The normalized spacial score (nSPS) is 10.1. The number of rotatable bonds is 3. The van der Waals surface area contributed by atoms with E-state index in [4.69, 9.17) is 16.8 Å². The van der Waals surface area contributed by atoms with Crippen LogP contribution in [0.5, 0.6) is 0 Å². The summed E-state index contributed by atoms with van der Waals surface area (Å²) in [5.41, 5.74) is 4.18. The maximum atomic E-state index is 11.5. The van der Waals surface area contributed by atoms with E-state index in [0.29, 0.717) is 22.0 Å². The number of carbonyl (C=O) groups excluding carboxylic acids is 1. The molecule has 4 nitrogen and oxygen atoms in total. The fraction of sp³-hybridized carbons (Fsp3) is 0.0714. The molecule has 0 atom stereocenters. The lowest BCUT2D eigenvalue weighted by Gasteiger charge is -2.13. The van der Waals surface area contributed by atoms with Crippen molar-refractivity contribution in [1.29, 1.82) is 0 Å². The first-order valence-electron chi connectivity index (χ1n) is 5.69. The van der Waals surface area contributed by atoms with Crippen LogP contribution < -0.4 is 10.8 Å². The third-order valence-corrected chi connectivity index (χ3v) is 3.24. The van der Waals surface area contributed by atoms with Gasteiger partial charge in [0, 0.05) is 0 Å². The molecule has 0 saturated carbocycles. The Bertz CT molecular complexity index is 614. The molecule has 0 fully saturated rings. The minimum Gasteiger partial charge on any atom is -0.354 e. The van der Waals surface area contributed by atoms with Crippen LogP contribution in [-0.2, 0) is 0 Å². The van der Waals surface area contributed by atoms with Gasteiger partial charge in [-0.25, -0.2) is 5.48 Å². The Balaban J connectivity index is 2.39. The van der Waals surface area contributed by atoms with Gasteiger partial charge in [-0.2, -0.15) is 0 Å². The van der Waals surface area contributed by atoms with Crippen LogP contribution in [0.1, 0.15) is 15.9 Å². The van der Waals surface area contributed by atoms with Gasteiger partial charge in [-0.15, -0.1) is 0 Å². The second-order valence-electron chi connectivity index (χ2n) is 4.05. The van der Waals surface area contributed by atoms with Gasteiger partial charge in [0.2, 0.25) is 0 Å². The van der Waals surface area contributed by atoms with Crippen LogP contribution in [0.25, 0.3) is 0 Å². The van der Waals surface area contributed by atoms with Crippen LogP contribution in [0.15, 0.2) is 42.5 Å². The molecule has 0 aliphatic carbocycles. The minimum atomic E-state index is -0.577. The van der Waals surface area contributed by atoms with E-state index < -0.39 is 5.91 Å².